The van der Waals surface area contributed by atoms with E-state index < -0.39 is 11.6 Å². The number of aromatic nitrogens is 2. The van der Waals surface area contributed by atoms with E-state index in [-0.39, 0.29) is 23.2 Å². The Morgan fingerprint density at radius 2 is 2.08 bits per heavy atom. The van der Waals surface area contributed by atoms with Crippen LogP contribution in [0.1, 0.15) is 24.8 Å². The maximum absolute atomic E-state index is 14.4. The van der Waals surface area contributed by atoms with Gasteiger partial charge in [-0.2, -0.15) is 0 Å². The zero-order chi connectivity index (χ0) is 16.8. The van der Waals surface area contributed by atoms with Gasteiger partial charge in [0.1, 0.15) is 17.5 Å². The second kappa shape index (κ2) is 5.69. The van der Waals surface area contributed by atoms with Crippen molar-refractivity contribution < 1.29 is 13.6 Å². The molecule has 4 nitrogen and oxygen atoms in total. The van der Waals surface area contributed by atoms with Crippen molar-refractivity contribution in [1.82, 2.24) is 14.5 Å². The first-order chi connectivity index (χ1) is 11.5. The summed E-state index contributed by atoms with van der Waals surface area (Å²) in [5.74, 6) is -0.567. The van der Waals surface area contributed by atoms with Gasteiger partial charge in [-0.25, -0.2) is 13.8 Å². The average Bonchev–Trinajstić information content (AvgIpc) is 3.19. The quantitative estimate of drug-likeness (QED) is 0.863. The maximum Gasteiger partial charge on any atom is 0.223 e. The molecule has 1 saturated heterocycles. The molecule has 0 radical (unpaired) electrons. The number of likely N-dealkylation sites (tertiary alicyclic amines) is 1. The van der Waals surface area contributed by atoms with Crippen LogP contribution in [0, 0.1) is 24.5 Å². The maximum atomic E-state index is 14.4. The van der Waals surface area contributed by atoms with E-state index in [0.717, 1.165) is 19.4 Å². The summed E-state index contributed by atoms with van der Waals surface area (Å²) in [7, 11) is 0. The molecule has 1 amide bonds. The number of nitrogens with zero attached hydrogens (tertiary/aromatic N) is 3. The van der Waals surface area contributed by atoms with Crippen LogP contribution < -0.4 is 0 Å². The molecule has 1 atom stereocenters. The fraction of sp³-hybridized carbons (Fsp3) is 0.444. The molecule has 0 spiro atoms. The lowest BCUT2D eigenvalue weighted by molar-refractivity contribution is -0.128. The highest BCUT2D eigenvalue weighted by molar-refractivity contribution is 5.79. The second-order valence-corrected chi connectivity index (χ2v) is 6.80. The van der Waals surface area contributed by atoms with Crippen LogP contribution in [0.5, 0.6) is 0 Å². The Morgan fingerprint density at radius 1 is 1.29 bits per heavy atom. The van der Waals surface area contributed by atoms with Crippen molar-refractivity contribution in [3.8, 4) is 11.4 Å². The molecule has 1 aliphatic heterocycles. The molecule has 0 N–H and O–H groups in total. The minimum absolute atomic E-state index is 0.0941. The fourth-order valence-electron chi connectivity index (χ4n) is 3.49. The topological polar surface area (TPSA) is 38.1 Å². The van der Waals surface area contributed by atoms with Crippen LogP contribution >= 0.6 is 0 Å². The van der Waals surface area contributed by atoms with Gasteiger partial charge in [-0.05, 0) is 31.4 Å². The molecule has 2 heterocycles. The summed E-state index contributed by atoms with van der Waals surface area (Å²) in [6.45, 7) is 2.87. The molecule has 1 saturated carbocycles. The fourth-order valence-corrected chi connectivity index (χ4v) is 3.49. The van der Waals surface area contributed by atoms with E-state index in [1.54, 1.807) is 23.9 Å². The van der Waals surface area contributed by atoms with Crippen molar-refractivity contribution in [3.05, 3.63) is 41.7 Å². The van der Waals surface area contributed by atoms with E-state index >= 15 is 0 Å². The summed E-state index contributed by atoms with van der Waals surface area (Å²) in [4.78, 5) is 18.2. The van der Waals surface area contributed by atoms with Crippen molar-refractivity contribution >= 4 is 5.91 Å². The van der Waals surface area contributed by atoms with E-state index in [2.05, 4.69) is 4.98 Å². The smallest absolute Gasteiger partial charge is 0.223 e. The Morgan fingerprint density at radius 3 is 2.83 bits per heavy atom. The van der Waals surface area contributed by atoms with Crippen LogP contribution in [-0.4, -0.2) is 32.9 Å². The first-order valence-corrected chi connectivity index (χ1v) is 8.30. The zero-order valence-corrected chi connectivity index (χ0v) is 13.5. The second-order valence-electron chi connectivity index (χ2n) is 6.80. The predicted octanol–water partition coefficient (Wildman–Crippen LogP) is 3.15. The minimum Gasteiger partial charge on any atom is -0.339 e. The number of halogens is 2. The minimum atomic E-state index is -0.618. The molecule has 2 aliphatic rings. The number of carbonyl (C=O) groups is 1. The monoisotopic (exact) mass is 331 g/mol. The number of carbonyl (C=O) groups excluding carboxylic acids is 1. The van der Waals surface area contributed by atoms with Crippen LogP contribution in [0.3, 0.4) is 0 Å². The van der Waals surface area contributed by atoms with Crippen molar-refractivity contribution in [2.24, 2.45) is 5.92 Å². The van der Waals surface area contributed by atoms with Crippen LogP contribution in [0.15, 0.2) is 24.5 Å². The Labute approximate surface area is 139 Å². The van der Waals surface area contributed by atoms with E-state index in [4.69, 9.17) is 0 Å². The highest BCUT2D eigenvalue weighted by atomic mass is 19.1. The Balaban J connectivity index is 1.60. The Kier molecular flexibility index (Phi) is 3.62. The normalized spacial score (nSPS) is 20.9. The van der Waals surface area contributed by atoms with Crippen LogP contribution in [0.25, 0.3) is 11.4 Å². The van der Waals surface area contributed by atoms with Crippen molar-refractivity contribution in [2.45, 2.75) is 38.8 Å². The standard InChI is InChI=1S/C18H19F2N3O/c1-11-2-5-14(19)16(17(11)20)18-21-6-7-22(18)9-12-8-15(24)23(10-12)13-3-4-13/h2,5-7,12-13H,3-4,8-10H2,1H3. The lowest BCUT2D eigenvalue weighted by atomic mass is 10.1. The molecule has 1 aliphatic carbocycles. The molecule has 1 unspecified atom stereocenters. The van der Waals surface area contributed by atoms with Crippen molar-refractivity contribution in [1.29, 1.82) is 0 Å². The van der Waals surface area contributed by atoms with Crippen LogP contribution in [-0.2, 0) is 11.3 Å². The summed E-state index contributed by atoms with van der Waals surface area (Å²) in [5.41, 5.74) is 0.292. The molecule has 4 rings (SSSR count). The van der Waals surface area contributed by atoms with Crippen molar-refractivity contribution in [3.63, 3.8) is 0 Å². The van der Waals surface area contributed by atoms with E-state index in [9.17, 15) is 13.6 Å². The van der Waals surface area contributed by atoms with Gasteiger partial charge >= 0.3 is 0 Å². The third-order valence-electron chi connectivity index (χ3n) is 4.90. The number of hydrogen-bond donors (Lipinski definition) is 0. The largest absolute Gasteiger partial charge is 0.339 e. The molecule has 2 fully saturated rings. The number of imidazole rings is 1. The number of hydrogen-bond acceptors (Lipinski definition) is 2. The van der Waals surface area contributed by atoms with Gasteiger partial charge in [-0.3, -0.25) is 4.79 Å². The number of amides is 1. The van der Waals surface area contributed by atoms with Gasteiger partial charge in [0.2, 0.25) is 5.91 Å². The molecule has 24 heavy (non-hydrogen) atoms. The number of rotatable bonds is 4. The highest BCUT2D eigenvalue weighted by Gasteiger charge is 2.39. The van der Waals surface area contributed by atoms with Crippen molar-refractivity contribution in [2.75, 3.05) is 6.54 Å². The number of aryl methyl sites for hydroxylation is 1. The third kappa shape index (κ3) is 2.60. The van der Waals surface area contributed by atoms with E-state index in [1.165, 1.54) is 12.1 Å². The SMILES string of the molecule is Cc1ccc(F)c(-c2nccn2CC2CC(=O)N(C3CC3)C2)c1F. The molecule has 1 aromatic heterocycles. The molecule has 1 aromatic carbocycles. The van der Waals surface area contributed by atoms with Gasteiger partial charge in [0.05, 0.1) is 5.56 Å². The lowest BCUT2D eigenvalue weighted by Gasteiger charge is -2.17. The van der Waals surface area contributed by atoms with Gasteiger partial charge < -0.3 is 9.47 Å². The summed E-state index contributed by atoms with van der Waals surface area (Å²) >= 11 is 0. The number of benzene rings is 1. The molecule has 126 valence electrons. The van der Waals surface area contributed by atoms with Gasteiger partial charge in [0.25, 0.3) is 0 Å². The first-order valence-electron chi connectivity index (χ1n) is 8.30. The zero-order valence-electron chi connectivity index (χ0n) is 13.5. The van der Waals surface area contributed by atoms with Gasteiger partial charge in [-0.15, -0.1) is 0 Å². The first kappa shape index (κ1) is 15.3. The van der Waals surface area contributed by atoms with Gasteiger partial charge in [0, 0.05) is 43.9 Å². The summed E-state index contributed by atoms with van der Waals surface area (Å²) in [6.07, 6.45) is 5.95. The summed E-state index contributed by atoms with van der Waals surface area (Å²) in [5, 5.41) is 0. The summed E-state index contributed by atoms with van der Waals surface area (Å²) < 4.78 is 30.3. The lowest BCUT2D eigenvalue weighted by Crippen LogP contribution is -2.27. The Hall–Kier alpha value is -2.24. The molecular formula is C18H19F2N3O. The summed E-state index contributed by atoms with van der Waals surface area (Å²) in [6, 6.07) is 3.10. The third-order valence-corrected chi connectivity index (χ3v) is 4.90. The molecule has 0 bridgehead atoms. The molecule has 6 heteroatoms. The van der Waals surface area contributed by atoms with Gasteiger partial charge in [0.15, 0.2) is 0 Å². The molecule has 2 aromatic rings. The van der Waals surface area contributed by atoms with E-state index in [0.29, 0.717) is 24.6 Å². The predicted molar refractivity (Wildman–Crippen MR) is 85.2 cm³/mol. The van der Waals surface area contributed by atoms with Crippen LogP contribution in [0.4, 0.5) is 8.78 Å². The van der Waals surface area contributed by atoms with Gasteiger partial charge in [-0.1, -0.05) is 6.07 Å². The highest BCUT2D eigenvalue weighted by Crippen LogP contribution is 2.34. The molecular weight excluding hydrogens is 312 g/mol. The Bertz CT molecular complexity index is 798. The van der Waals surface area contributed by atoms with E-state index in [1.807, 2.05) is 4.90 Å². The average molecular weight is 331 g/mol. The van der Waals surface area contributed by atoms with Crippen LogP contribution in [0.2, 0.25) is 0 Å².